The zero-order chi connectivity index (χ0) is 13.0. The molecule has 2 rings (SSSR count). The number of benzene rings is 1. The Labute approximate surface area is 107 Å². The van der Waals surface area contributed by atoms with E-state index >= 15 is 0 Å². The molecule has 0 saturated carbocycles. The van der Waals surface area contributed by atoms with Crippen LogP contribution in [0.3, 0.4) is 0 Å². The first kappa shape index (κ1) is 12.6. The van der Waals surface area contributed by atoms with Gasteiger partial charge in [0.15, 0.2) is 0 Å². The third-order valence-electron chi connectivity index (χ3n) is 2.72. The van der Waals surface area contributed by atoms with Gasteiger partial charge in [-0.25, -0.2) is 4.98 Å². The first-order valence-electron chi connectivity index (χ1n) is 5.84. The monoisotopic (exact) mass is 243 g/mol. The summed E-state index contributed by atoms with van der Waals surface area (Å²) in [6.07, 6.45) is 0. The fraction of sp³-hybridized carbons (Fsp3) is 0.267. The predicted molar refractivity (Wildman–Crippen MR) is 71.7 cm³/mol. The lowest BCUT2D eigenvalue weighted by Crippen LogP contribution is -1.97. The second-order valence-electron chi connectivity index (χ2n) is 4.16. The van der Waals surface area contributed by atoms with E-state index in [1.54, 1.807) is 14.2 Å². The van der Waals surface area contributed by atoms with Gasteiger partial charge in [0.2, 0.25) is 0 Å². The summed E-state index contributed by atoms with van der Waals surface area (Å²) >= 11 is 0. The summed E-state index contributed by atoms with van der Waals surface area (Å²) in [4.78, 5) is 4.59. The van der Waals surface area contributed by atoms with Gasteiger partial charge in [-0.05, 0) is 25.1 Å². The third kappa shape index (κ3) is 2.68. The van der Waals surface area contributed by atoms with Gasteiger partial charge in [-0.3, -0.25) is 0 Å². The predicted octanol–water partition coefficient (Wildman–Crippen LogP) is 3.21. The number of pyridine rings is 1. The van der Waals surface area contributed by atoms with E-state index in [2.05, 4.69) is 24.0 Å². The molecule has 0 aliphatic rings. The molecule has 0 spiro atoms. The highest BCUT2D eigenvalue weighted by molar-refractivity contribution is 5.67. The summed E-state index contributed by atoms with van der Waals surface area (Å²) in [6.45, 7) is 2.57. The molecular weight excluding hydrogens is 226 g/mol. The van der Waals surface area contributed by atoms with Gasteiger partial charge in [0, 0.05) is 12.7 Å². The van der Waals surface area contributed by atoms with Gasteiger partial charge in [-0.1, -0.05) is 23.8 Å². The standard InChI is InChI=1S/C15H17NO2/c1-11-5-4-6-12(9-11)15-14(18-3)8-7-13(16-15)10-17-2/h4-9H,10H2,1-3H3. The quantitative estimate of drug-likeness (QED) is 0.826. The molecule has 0 radical (unpaired) electrons. The van der Waals surface area contributed by atoms with Gasteiger partial charge >= 0.3 is 0 Å². The Bertz CT molecular complexity index is 538. The summed E-state index contributed by atoms with van der Waals surface area (Å²) in [6, 6.07) is 12.1. The molecule has 1 aromatic carbocycles. The molecule has 94 valence electrons. The highest BCUT2D eigenvalue weighted by Gasteiger charge is 2.09. The number of aromatic nitrogens is 1. The maximum absolute atomic E-state index is 5.37. The maximum atomic E-state index is 5.37. The van der Waals surface area contributed by atoms with Crippen molar-refractivity contribution in [1.29, 1.82) is 0 Å². The fourth-order valence-electron chi connectivity index (χ4n) is 1.88. The van der Waals surface area contributed by atoms with Crippen LogP contribution < -0.4 is 4.74 Å². The zero-order valence-electron chi connectivity index (χ0n) is 10.9. The number of hydrogen-bond acceptors (Lipinski definition) is 3. The molecule has 2 aromatic rings. The zero-order valence-corrected chi connectivity index (χ0v) is 10.9. The Hall–Kier alpha value is -1.87. The highest BCUT2D eigenvalue weighted by atomic mass is 16.5. The second kappa shape index (κ2) is 5.65. The van der Waals surface area contributed by atoms with Crippen LogP contribution in [0.2, 0.25) is 0 Å². The molecule has 18 heavy (non-hydrogen) atoms. The number of methoxy groups -OCH3 is 2. The molecule has 0 saturated heterocycles. The second-order valence-corrected chi connectivity index (χ2v) is 4.16. The molecule has 0 unspecified atom stereocenters. The normalized spacial score (nSPS) is 10.4. The average molecular weight is 243 g/mol. The van der Waals surface area contributed by atoms with Gasteiger partial charge in [0.05, 0.1) is 19.4 Å². The number of nitrogens with zero attached hydrogens (tertiary/aromatic N) is 1. The lowest BCUT2D eigenvalue weighted by molar-refractivity contribution is 0.181. The maximum Gasteiger partial charge on any atom is 0.145 e. The number of ether oxygens (including phenoxy) is 2. The smallest absolute Gasteiger partial charge is 0.145 e. The van der Waals surface area contributed by atoms with E-state index in [4.69, 9.17) is 9.47 Å². The van der Waals surface area contributed by atoms with Crippen LogP contribution in [-0.2, 0) is 11.3 Å². The Morgan fingerprint density at radius 3 is 2.61 bits per heavy atom. The van der Waals surface area contributed by atoms with Crippen LogP contribution in [0.15, 0.2) is 36.4 Å². The van der Waals surface area contributed by atoms with E-state index in [-0.39, 0.29) is 0 Å². The molecule has 3 heteroatoms. The van der Waals surface area contributed by atoms with Crippen molar-refractivity contribution in [3.05, 3.63) is 47.7 Å². The summed E-state index contributed by atoms with van der Waals surface area (Å²) in [5, 5.41) is 0. The molecule has 0 atom stereocenters. The number of rotatable bonds is 4. The van der Waals surface area contributed by atoms with Gasteiger partial charge in [0.25, 0.3) is 0 Å². The van der Waals surface area contributed by atoms with Crippen molar-refractivity contribution < 1.29 is 9.47 Å². The van der Waals surface area contributed by atoms with Crippen molar-refractivity contribution in [2.24, 2.45) is 0 Å². The van der Waals surface area contributed by atoms with Crippen molar-refractivity contribution in [3.8, 4) is 17.0 Å². The minimum absolute atomic E-state index is 0.503. The molecule has 0 amide bonds. The largest absolute Gasteiger partial charge is 0.494 e. The Balaban J connectivity index is 2.49. The van der Waals surface area contributed by atoms with E-state index in [0.717, 1.165) is 22.7 Å². The number of hydrogen-bond donors (Lipinski definition) is 0. The van der Waals surface area contributed by atoms with Gasteiger partial charge in [-0.15, -0.1) is 0 Å². The summed E-state index contributed by atoms with van der Waals surface area (Å²) in [7, 11) is 3.32. The molecule has 0 N–H and O–H groups in total. The minimum Gasteiger partial charge on any atom is -0.494 e. The SMILES string of the molecule is COCc1ccc(OC)c(-c2cccc(C)c2)n1. The van der Waals surface area contributed by atoms with E-state index in [9.17, 15) is 0 Å². The van der Waals surface area contributed by atoms with Crippen LogP contribution in [0, 0.1) is 6.92 Å². The summed E-state index contributed by atoms with van der Waals surface area (Å²) in [5.41, 5.74) is 4.02. The summed E-state index contributed by atoms with van der Waals surface area (Å²) in [5.74, 6) is 0.778. The lowest BCUT2D eigenvalue weighted by Gasteiger charge is -2.10. The van der Waals surface area contributed by atoms with Gasteiger partial charge in [0.1, 0.15) is 11.4 Å². The molecule has 1 aromatic heterocycles. The topological polar surface area (TPSA) is 31.4 Å². The average Bonchev–Trinajstić information content (AvgIpc) is 2.39. The van der Waals surface area contributed by atoms with Crippen molar-refractivity contribution >= 4 is 0 Å². The van der Waals surface area contributed by atoms with E-state index < -0.39 is 0 Å². The first-order chi connectivity index (χ1) is 8.74. The van der Waals surface area contributed by atoms with Crippen LogP contribution in [0.5, 0.6) is 5.75 Å². The Kier molecular flexibility index (Phi) is 3.95. The third-order valence-corrected chi connectivity index (χ3v) is 2.72. The molecular formula is C15H17NO2. The van der Waals surface area contributed by atoms with Crippen LogP contribution >= 0.6 is 0 Å². The van der Waals surface area contributed by atoms with Gasteiger partial charge < -0.3 is 9.47 Å². The van der Waals surface area contributed by atoms with Crippen LogP contribution in [0.4, 0.5) is 0 Å². The van der Waals surface area contributed by atoms with E-state index in [0.29, 0.717) is 6.61 Å². The lowest BCUT2D eigenvalue weighted by atomic mass is 10.1. The molecule has 3 nitrogen and oxygen atoms in total. The minimum atomic E-state index is 0.503. The van der Waals surface area contributed by atoms with E-state index in [1.807, 2.05) is 24.3 Å². The van der Waals surface area contributed by atoms with Crippen molar-refractivity contribution in [1.82, 2.24) is 4.98 Å². The highest BCUT2D eigenvalue weighted by Crippen LogP contribution is 2.28. The van der Waals surface area contributed by atoms with Gasteiger partial charge in [-0.2, -0.15) is 0 Å². The van der Waals surface area contributed by atoms with Crippen molar-refractivity contribution in [2.45, 2.75) is 13.5 Å². The Morgan fingerprint density at radius 1 is 1.11 bits per heavy atom. The Morgan fingerprint density at radius 2 is 1.94 bits per heavy atom. The van der Waals surface area contributed by atoms with Crippen LogP contribution in [0.1, 0.15) is 11.3 Å². The van der Waals surface area contributed by atoms with Crippen LogP contribution in [0.25, 0.3) is 11.3 Å². The fourth-order valence-corrected chi connectivity index (χ4v) is 1.88. The van der Waals surface area contributed by atoms with E-state index in [1.165, 1.54) is 5.56 Å². The first-order valence-corrected chi connectivity index (χ1v) is 5.84. The molecule has 0 fully saturated rings. The van der Waals surface area contributed by atoms with Crippen molar-refractivity contribution in [3.63, 3.8) is 0 Å². The van der Waals surface area contributed by atoms with Crippen LogP contribution in [-0.4, -0.2) is 19.2 Å². The molecule has 1 heterocycles. The number of aryl methyl sites for hydroxylation is 1. The molecule has 0 aliphatic heterocycles. The molecule has 0 aliphatic carbocycles. The molecule has 0 bridgehead atoms. The summed E-state index contributed by atoms with van der Waals surface area (Å²) < 4.78 is 10.5. The van der Waals surface area contributed by atoms with Crippen molar-refractivity contribution in [2.75, 3.05) is 14.2 Å².